The molecule has 0 heterocycles. The Bertz CT molecular complexity index is 953. The van der Waals surface area contributed by atoms with Gasteiger partial charge in [-0.1, -0.05) is 61.9 Å². The number of carbonyl (C=O) groups is 2. The first-order chi connectivity index (χ1) is 14.1. The van der Waals surface area contributed by atoms with Crippen LogP contribution in [0.3, 0.4) is 0 Å². The first-order valence-corrected chi connectivity index (χ1v) is 9.73. The van der Waals surface area contributed by atoms with Gasteiger partial charge in [-0.3, -0.25) is 4.79 Å². The van der Waals surface area contributed by atoms with Crippen molar-refractivity contribution in [3.05, 3.63) is 95.6 Å². The molecule has 0 aromatic heterocycles. The molecule has 0 aliphatic carbocycles. The molecule has 3 amide bonds. The molecule has 0 saturated carbocycles. The van der Waals surface area contributed by atoms with Crippen molar-refractivity contribution >= 4 is 23.3 Å². The normalized spacial score (nSPS) is 10.2. The van der Waals surface area contributed by atoms with Crippen molar-refractivity contribution in [2.75, 3.05) is 10.6 Å². The summed E-state index contributed by atoms with van der Waals surface area (Å²) >= 11 is 0. The van der Waals surface area contributed by atoms with Crippen molar-refractivity contribution in [1.29, 1.82) is 0 Å². The van der Waals surface area contributed by atoms with E-state index in [2.05, 4.69) is 22.9 Å². The molecule has 0 atom stereocenters. The lowest BCUT2D eigenvalue weighted by atomic mass is 10.1. The van der Waals surface area contributed by atoms with Crippen molar-refractivity contribution in [1.82, 2.24) is 5.32 Å². The third-order valence-electron chi connectivity index (χ3n) is 4.43. The Hall–Kier alpha value is -3.60. The molecule has 0 unspecified atom stereocenters. The highest BCUT2D eigenvalue weighted by Crippen LogP contribution is 2.15. The minimum Gasteiger partial charge on any atom is -0.334 e. The van der Waals surface area contributed by atoms with E-state index in [0.29, 0.717) is 17.8 Å². The summed E-state index contributed by atoms with van der Waals surface area (Å²) in [6.45, 7) is 2.57. The number of hydrogen-bond acceptors (Lipinski definition) is 2. The van der Waals surface area contributed by atoms with Crippen LogP contribution in [0.4, 0.5) is 16.2 Å². The Morgan fingerprint density at radius 3 is 2.24 bits per heavy atom. The van der Waals surface area contributed by atoms with Crippen LogP contribution in [0.1, 0.15) is 34.8 Å². The Kier molecular flexibility index (Phi) is 7.00. The van der Waals surface area contributed by atoms with Gasteiger partial charge in [0.05, 0.1) is 0 Å². The van der Waals surface area contributed by atoms with Gasteiger partial charge in [-0.15, -0.1) is 0 Å². The number of benzene rings is 3. The second-order valence-electron chi connectivity index (χ2n) is 6.78. The van der Waals surface area contributed by atoms with E-state index < -0.39 is 0 Å². The molecular formula is C24H25N3O2. The molecule has 0 spiro atoms. The Labute approximate surface area is 171 Å². The summed E-state index contributed by atoms with van der Waals surface area (Å²) in [6.07, 6.45) is 2.11. The number of nitrogens with one attached hydrogen (secondary N) is 3. The van der Waals surface area contributed by atoms with Crippen LogP contribution in [0.5, 0.6) is 0 Å². The third-order valence-corrected chi connectivity index (χ3v) is 4.43. The van der Waals surface area contributed by atoms with E-state index in [1.54, 1.807) is 24.3 Å². The minimum atomic E-state index is -0.321. The van der Waals surface area contributed by atoms with Gasteiger partial charge < -0.3 is 16.0 Å². The maximum Gasteiger partial charge on any atom is 0.319 e. The highest BCUT2D eigenvalue weighted by atomic mass is 16.2. The Morgan fingerprint density at radius 2 is 1.52 bits per heavy atom. The molecule has 3 aromatic carbocycles. The summed E-state index contributed by atoms with van der Waals surface area (Å²) in [6, 6.07) is 24.1. The summed E-state index contributed by atoms with van der Waals surface area (Å²) in [7, 11) is 0. The summed E-state index contributed by atoms with van der Waals surface area (Å²) in [5, 5.41) is 8.45. The zero-order valence-corrected chi connectivity index (χ0v) is 16.4. The fourth-order valence-corrected chi connectivity index (χ4v) is 2.94. The number of carbonyl (C=O) groups excluding carboxylic acids is 2. The number of hydrogen-bond donors (Lipinski definition) is 3. The summed E-state index contributed by atoms with van der Waals surface area (Å²) in [5.41, 5.74) is 4.04. The van der Waals surface area contributed by atoms with Crippen LogP contribution in [-0.4, -0.2) is 11.9 Å². The predicted molar refractivity (Wildman–Crippen MR) is 117 cm³/mol. The van der Waals surface area contributed by atoms with E-state index in [-0.39, 0.29) is 11.9 Å². The Balaban J connectivity index is 1.56. The molecule has 3 N–H and O–H groups in total. The third kappa shape index (κ3) is 6.21. The van der Waals surface area contributed by atoms with Crippen LogP contribution < -0.4 is 16.0 Å². The van der Waals surface area contributed by atoms with Gasteiger partial charge in [0, 0.05) is 23.5 Å². The van der Waals surface area contributed by atoms with E-state index >= 15 is 0 Å². The molecule has 0 radical (unpaired) electrons. The van der Waals surface area contributed by atoms with Gasteiger partial charge in [0.15, 0.2) is 0 Å². The molecular weight excluding hydrogens is 362 g/mol. The largest absolute Gasteiger partial charge is 0.334 e. The zero-order valence-electron chi connectivity index (χ0n) is 16.4. The highest BCUT2D eigenvalue weighted by Gasteiger charge is 2.08. The molecule has 0 aliphatic heterocycles. The number of anilines is 2. The molecule has 3 aromatic rings. The van der Waals surface area contributed by atoms with Gasteiger partial charge >= 0.3 is 6.03 Å². The summed E-state index contributed by atoms with van der Waals surface area (Å²) in [5.74, 6) is -0.221. The molecule has 3 rings (SSSR count). The molecule has 0 aliphatic rings. The van der Waals surface area contributed by atoms with Gasteiger partial charge in [0.25, 0.3) is 5.91 Å². The predicted octanol–water partition coefficient (Wildman–Crippen LogP) is 5.21. The van der Waals surface area contributed by atoms with Crippen molar-refractivity contribution in [2.45, 2.75) is 26.3 Å². The van der Waals surface area contributed by atoms with E-state index in [1.165, 1.54) is 5.56 Å². The molecule has 5 heteroatoms. The minimum absolute atomic E-state index is 0.221. The second-order valence-corrected chi connectivity index (χ2v) is 6.78. The van der Waals surface area contributed by atoms with E-state index in [4.69, 9.17) is 0 Å². The van der Waals surface area contributed by atoms with Gasteiger partial charge in [0.1, 0.15) is 0 Å². The lowest BCUT2D eigenvalue weighted by Gasteiger charge is -2.10. The number of urea groups is 1. The van der Waals surface area contributed by atoms with Crippen LogP contribution in [-0.2, 0) is 13.0 Å². The van der Waals surface area contributed by atoms with Gasteiger partial charge in [-0.25, -0.2) is 4.79 Å². The molecule has 5 nitrogen and oxygen atoms in total. The molecule has 0 saturated heterocycles. The highest BCUT2D eigenvalue weighted by molar-refractivity contribution is 6.05. The molecule has 148 valence electrons. The summed E-state index contributed by atoms with van der Waals surface area (Å²) < 4.78 is 0. The molecule has 0 fully saturated rings. The average molecular weight is 387 g/mol. The fourth-order valence-electron chi connectivity index (χ4n) is 2.94. The lowest BCUT2D eigenvalue weighted by molar-refractivity contribution is 0.102. The van der Waals surface area contributed by atoms with Crippen LogP contribution >= 0.6 is 0 Å². The standard InChI is InChI=1S/C24H25N3O2/c1-2-7-18-12-14-21(15-13-18)26-23(28)20-10-6-11-22(16-20)27-24(29)25-17-19-8-4-3-5-9-19/h3-6,8-16H,2,7,17H2,1H3,(H,26,28)(H2,25,27,29). The van der Waals surface area contributed by atoms with Gasteiger partial charge in [-0.2, -0.15) is 0 Å². The maximum atomic E-state index is 12.5. The SMILES string of the molecule is CCCc1ccc(NC(=O)c2cccc(NC(=O)NCc3ccccc3)c2)cc1. The maximum absolute atomic E-state index is 12.5. The fraction of sp³-hybridized carbons (Fsp3) is 0.167. The van der Waals surface area contributed by atoms with E-state index in [1.807, 2.05) is 54.6 Å². The van der Waals surface area contributed by atoms with Crippen LogP contribution in [0.2, 0.25) is 0 Å². The van der Waals surface area contributed by atoms with E-state index in [9.17, 15) is 9.59 Å². The van der Waals surface area contributed by atoms with Crippen molar-refractivity contribution < 1.29 is 9.59 Å². The smallest absolute Gasteiger partial charge is 0.319 e. The van der Waals surface area contributed by atoms with Crippen molar-refractivity contribution in [3.63, 3.8) is 0 Å². The Morgan fingerprint density at radius 1 is 0.759 bits per heavy atom. The number of amides is 3. The number of rotatable bonds is 7. The molecule has 0 bridgehead atoms. The lowest BCUT2D eigenvalue weighted by Crippen LogP contribution is -2.28. The molecule has 29 heavy (non-hydrogen) atoms. The van der Waals surface area contributed by atoms with E-state index in [0.717, 1.165) is 24.1 Å². The van der Waals surface area contributed by atoms with Crippen molar-refractivity contribution in [3.8, 4) is 0 Å². The first-order valence-electron chi connectivity index (χ1n) is 9.73. The van der Waals surface area contributed by atoms with Crippen LogP contribution in [0, 0.1) is 0 Å². The van der Waals surface area contributed by atoms with Crippen LogP contribution in [0.25, 0.3) is 0 Å². The monoisotopic (exact) mass is 387 g/mol. The first kappa shape index (κ1) is 20.1. The topological polar surface area (TPSA) is 70.2 Å². The second kappa shape index (κ2) is 10.1. The number of aryl methyl sites for hydroxylation is 1. The van der Waals surface area contributed by atoms with Crippen LogP contribution in [0.15, 0.2) is 78.9 Å². The van der Waals surface area contributed by atoms with Gasteiger partial charge in [0.2, 0.25) is 0 Å². The zero-order chi connectivity index (χ0) is 20.5. The van der Waals surface area contributed by atoms with Crippen molar-refractivity contribution in [2.24, 2.45) is 0 Å². The quantitative estimate of drug-likeness (QED) is 0.521. The van der Waals surface area contributed by atoms with Gasteiger partial charge in [-0.05, 0) is 47.9 Å². The average Bonchev–Trinajstić information content (AvgIpc) is 2.75. The summed E-state index contributed by atoms with van der Waals surface area (Å²) in [4.78, 5) is 24.7.